The fourth-order valence-electron chi connectivity index (χ4n) is 0.395. The molecule has 0 unspecified atom stereocenters. The Morgan fingerprint density at radius 1 is 1.75 bits per heavy atom. The molecule has 0 aliphatic rings. The number of allylic oxidation sites excluding steroid dienone is 1. The molecule has 0 saturated heterocycles. The fraction of sp³-hybridized carbons (Fsp3) is 0. The fourth-order valence-corrected chi connectivity index (χ4v) is 0.395. The molecule has 0 amide bonds. The van der Waals surface area contributed by atoms with E-state index in [2.05, 4.69) is 23.2 Å². The zero-order chi connectivity index (χ0) is 5.98. The van der Waals surface area contributed by atoms with Crippen molar-refractivity contribution in [2.75, 3.05) is 0 Å². The van der Waals surface area contributed by atoms with Crippen molar-refractivity contribution >= 4 is 5.57 Å². The molecule has 0 aliphatic heterocycles. The summed E-state index contributed by atoms with van der Waals surface area (Å²) in [5, 5.41) is 3.58. The monoisotopic (exact) mass is 108 g/mol. The summed E-state index contributed by atoms with van der Waals surface area (Å²) in [4.78, 5) is 0. The smallest absolute Gasteiger partial charge is 0.124 e. The summed E-state index contributed by atoms with van der Waals surface area (Å²) in [6.45, 7) is 7.13. The van der Waals surface area contributed by atoms with Crippen molar-refractivity contribution in [1.29, 1.82) is 0 Å². The van der Waals surface area contributed by atoms with Gasteiger partial charge in [0.05, 0.1) is 0 Å². The van der Waals surface area contributed by atoms with Gasteiger partial charge in [-0.25, -0.2) is 0 Å². The molecule has 1 radical (unpaired) electrons. The molecule has 2 nitrogen and oxygen atoms in total. The van der Waals surface area contributed by atoms with Gasteiger partial charge in [0.2, 0.25) is 0 Å². The quantitative estimate of drug-likeness (QED) is 0.545. The van der Waals surface area contributed by atoms with Crippen LogP contribution in [0, 0.1) is 6.92 Å². The second-order valence-corrected chi connectivity index (χ2v) is 1.49. The van der Waals surface area contributed by atoms with Crippen LogP contribution in [-0.4, -0.2) is 5.16 Å². The summed E-state index contributed by atoms with van der Waals surface area (Å²) in [7, 11) is 0. The standard InChI is InChI=1S/C6H6NO/c1-5(2)6-3-4-8-7-6/h3-4H,1-2H2. The molecular weight excluding hydrogens is 102 g/mol. The van der Waals surface area contributed by atoms with E-state index < -0.39 is 0 Å². The highest BCUT2D eigenvalue weighted by atomic mass is 16.5. The average molecular weight is 108 g/mol. The maximum atomic E-state index is 4.52. The minimum atomic E-state index is 0.679. The third-order valence-corrected chi connectivity index (χ3v) is 0.800. The van der Waals surface area contributed by atoms with Crippen LogP contribution in [-0.2, 0) is 0 Å². The first-order valence-corrected chi connectivity index (χ1v) is 2.22. The highest BCUT2D eigenvalue weighted by Gasteiger charge is 1.92. The molecule has 0 N–H and O–H groups in total. The van der Waals surface area contributed by atoms with Crippen LogP contribution in [0.15, 0.2) is 23.4 Å². The van der Waals surface area contributed by atoms with E-state index in [1.54, 1.807) is 6.07 Å². The molecule has 8 heavy (non-hydrogen) atoms. The van der Waals surface area contributed by atoms with E-state index >= 15 is 0 Å². The molecule has 1 aromatic rings. The van der Waals surface area contributed by atoms with Gasteiger partial charge >= 0.3 is 0 Å². The highest BCUT2D eigenvalue weighted by Crippen LogP contribution is 2.05. The summed E-state index contributed by atoms with van der Waals surface area (Å²) in [6.07, 6.45) is 1.49. The predicted octanol–water partition coefficient (Wildman–Crippen LogP) is 1.52. The lowest BCUT2D eigenvalue weighted by molar-refractivity contribution is 0.418. The Bertz CT molecular complexity index is 176. The first-order chi connectivity index (χ1) is 3.80. The lowest BCUT2D eigenvalue weighted by Gasteiger charge is -1.82. The molecule has 1 aromatic heterocycles. The molecule has 41 valence electrons. The van der Waals surface area contributed by atoms with Crippen LogP contribution < -0.4 is 0 Å². The van der Waals surface area contributed by atoms with Crippen molar-refractivity contribution in [1.82, 2.24) is 5.16 Å². The van der Waals surface area contributed by atoms with Gasteiger partial charge in [0.15, 0.2) is 0 Å². The van der Waals surface area contributed by atoms with E-state index in [-0.39, 0.29) is 0 Å². The van der Waals surface area contributed by atoms with Crippen LogP contribution >= 0.6 is 0 Å². The predicted molar refractivity (Wildman–Crippen MR) is 30.9 cm³/mol. The Kier molecular flexibility index (Phi) is 1.16. The van der Waals surface area contributed by atoms with Gasteiger partial charge in [-0.05, 0) is 12.5 Å². The molecule has 0 atom stereocenters. The van der Waals surface area contributed by atoms with Gasteiger partial charge < -0.3 is 4.52 Å². The Labute approximate surface area is 47.8 Å². The van der Waals surface area contributed by atoms with Crippen LogP contribution in [0.25, 0.3) is 5.57 Å². The van der Waals surface area contributed by atoms with Gasteiger partial charge in [-0.15, -0.1) is 0 Å². The molecule has 0 aliphatic carbocycles. The van der Waals surface area contributed by atoms with Crippen LogP contribution in [0.3, 0.4) is 0 Å². The van der Waals surface area contributed by atoms with Crippen molar-refractivity contribution in [2.24, 2.45) is 0 Å². The summed E-state index contributed by atoms with van der Waals surface area (Å²) >= 11 is 0. The molecule has 0 bridgehead atoms. The molecule has 2 heteroatoms. The molecule has 1 heterocycles. The summed E-state index contributed by atoms with van der Waals surface area (Å²) in [5.41, 5.74) is 1.39. The van der Waals surface area contributed by atoms with E-state index in [1.165, 1.54) is 6.26 Å². The van der Waals surface area contributed by atoms with Crippen molar-refractivity contribution in [3.8, 4) is 0 Å². The molecular formula is C6H6NO. The minimum Gasteiger partial charge on any atom is -0.364 e. The van der Waals surface area contributed by atoms with Crippen molar-refractivity contribution in [3.05, 3.63) is 31.5 Å². The van der Waals surface area contributed by atoms with E-state index in [4.69, 9.17) is 0 Å². The van der Waals surface area contributed by atoms with Crippen LogP contribution in [0.1, 0.15) is 5.69 Å². The molecule has 0 spiro atoms. The highest BCUT2D eigenvalue weighted by molar-refractivity contribution is 5.61. The second-order valence-electron chi connectivity index (χ2n) is 1.49. The van der Waals surface area contributed by atoms with Crippen LogP contribution in [0.2, 0.25) is 0 Å². The zero-order valence-electron chi connectivity index (χ0n) is 4.42. The molecule has 1 rings (SSSR count). The first kappa shape index (κ1) is 5.09. The zero-order valence-corrected chi connectivity index (χ0v) is 4.42. The van der Waals surface area contributed by atoms with E-state index in [9.17, 15) is 0 Å². The van der Waals surface area contributed by atoms with Gasteiger partial charge in [0.25, 0.3) is 0 Å². The number of rotatable bonds is 1. The van der Waals surface area contributed by atoms with E-state index in [0.29, 0.717) is 11.3 Å². The Balaban J connectivity index is 2.93. The Hall–Kier alpha value is -1.05. The maximum Gasteiger partial charge on any atom is 0.124 e. The third-order valence-electron chi connectivity index (χ3n) is 0.800. The first-order valence-electron chi connectivity index (χ1n) is 2.22. The summed E-state index contributed by atoms with van der Waals surface area (Å²) in [6, 6.07) is 1.72. The van der Waals surface area contributed by atoms with Crippen LogP contribution in [0.5, 0.6) is 0 Å². The summed E-state index contributed by atoms with van der Waals surface area (Å²) in [5.74, 6) is 0. The number of nitrogens with zero attached hydrogens (tertiary/aromatic N) is 1. The lowest BCUT2D eigenvalue weighted by atomic mass is 10.3. The molecule has 0 fully saturated rings. The topological polar surface area (TPSA) is 26.0 Å². The van der Waals surface area contributed by atoms with Gasteiger partial charge in [0.1, 0.15) is 12.0 Å². The molecule has 0 aromatic carbocycles. The SMILES string of the molecule is [CH2]C(=C)c1ccon1. The van der Waals surface area contributed by atoms with Gasteiger partial charge in [-0.3, -0.25) is 0 Å². The molecule has 0 saturated carbocycles. The normalized spacial score (nSPS) is 9.12. The number of aromatic nitrogens is 1. The van der Waals surface area contributed by atoms with E-state index in [0.717, 1.165) is 0 Å². The lowest BCUT2D eigenvalue weighted by Crippen LogP contribution is -1.72. The van der Waals surface area contributed by atoms with Crippen molar-refractivity contribution in [2.45, 2.75) is 0 Å². The van der Waals surface area contributed by atoms with Crippen molar-refractivity contribution < 1.29 is 4.52 Å². The van der Waals surface area contributed by atoms with Crippen LogP contribution in [0.4, 0.5) is 0 Å². The minimum absolute atomic E-state index is 0.679. The van der Waals surface area contributed by atoms with Gasteiger partial charge in [0, 0.05) is 6.07 Å². The Morgan fingerprint density at radius 2 is 2.50 bits per heavy atom. The second kappa shape index (κ2) is 1.82. The van der Waals surface area contributed by atoms with Gasteiger partial charge in [-0.1, -0.05) is 11.7 Å². The average Bonchev–Trinajstić information content (AvgIpc) is 2.12. The number of hydrogen-bond donors (Lipinski definition) is 0. The van der Waals surface area contributed by atoms with Gasteiger partial charge in [-0.2, -0.15) is 0 Å². The van der Waals surface area contributed by atoms with Crippen molar-refractivity contribution in [3.63, 3.8) is 0 Å². The van der Waals surface area contributed by atoms with E-state index in [1.807, 2.05) is 0 Å². The Morgan fingerprint density at radius 3 is 2.75 bits per heavy atom. The largest absolute Gasteiger partial charge is 0.364 e. The maximum absolute atomic E-state index is 4.52. The number of hydrogen-bond acceptors (Lipinski definition) is 2. The summed E-state index contributed by atoms with van der Waals surface area (Å²) < 4.78 is 4.52. The third kappa shape index (κ3) is 0.780.